The predicted molar refractivity (Wildman–Crippen MR) is 58.8 cm³/mol. The van der Waals surface area contributed by atoms with Crippen LogP contribution in [0.4, 0.5) is 0 Å². The predicted octanol–water partition coefficient (Wildman–Crippen LogP) is 0.653. The number of methoxy groups -OCH3 is 1. The van der Waals surface area contributed by atoms with E-state index in [0.717, 1.165) is 5.16 Å². The fourth-order valence-corrected chi connectivity index (χ4v) is 1.98. The van der Waals surface area contributed by atoms with Crippen LogP contribution in [0.1, 0.15) is 6.92 Å². The lowest BCUT2D eigenvalue weighted by Crippen LogP contribution is -2.50. The maximum absolute atomic E-state index is 11.5. The fraction of sp³-hybridized carbons (Fsp3) is 0.556. The van der Waals surface area contributed by atoms with Crippen LogP contribution in [0.3, 0.4) is 0 Å². The van der Waals surface area contributed by atoms with Crippen LogP contribution in [0.25, 0.3) is 0 Å². The largest absolute Gasteiger partial charge is 0.468 e. The highest BCUT2D eigenvalue weighted by atomic mass is 32.2. The zero-order valence-electron chi connectivity index (χ0n) is 9.03. The summed E-state index contributed by atoms with van der Waals surface area (Å²) in [6.07, 6.45) is 3.42. The number of carbonyl (C=O) groups excluding carboxylic acids is 1. The van der Waals surface area contributed by atoms with Gasteiger partial charge in [0.1, 0.15) is 5.54 Å². The van der Waals surface area contributed by atoms with E-state index in [4.69, 9.17) is 4.74 Å². The molecule has 0 fully saturated rings. The van der Waals surface area contributed by atoms with Crippen molar-refractivity contribution in [3.05, 3.63) is 12.4 Å². The van der Waals surface area contributed by atoms with Crippen LogP contribution in [0.5, 0.6) is 0 Å². The monoisotopic (exact) mass is 229 g/mol. The number of imidazole rings is 1. The van der Waals surface area contributed by atoms with E-state index < -0.39 is 5.54 Å². The first-order valence-corrected chi connectivity index (χ1v) is 5.50. The number of nitrogens with one attached hydrogen (secondary N) is 2. The summed E-state index contributed by atoms with van der Waals surface area (Å²) in [5, 5.41) is 3.75. The van der Waals surface area contributed by atoms with Crippen molar-refractivity contribution in [3.63, 3.8) is 0 Å². The second-order valence-corrected chi connectivity index (χ2v) is 4.22. The number of hydrogen-bond acceptors (Lipinski definition) is 5. The van der Waals surface area contributed by atoms with Crippen molar-refractivity contribution in [2.75, 3.05) is 19.9 Å². The molecular formula is C9H15N3O2S. The molecule has 1 unspecified atom stereocenters. The van der Waals surface area contributed by atoms with Crippen LogP contribution < -0.4 is 5.32 Å². The number of aromatic amines is 1. The van der Waals surface area contributed by atoms with Crippen LogP contribution in [-0.2, 0) is 9.53 Å². The van der Waals surface area contributed by atoms with Gasteiger partial charge in [-0.25, -0.2) is 4.98 Å². The third-order valence-corrected chi connectivity index (χ3v) is 3.38. The van der Waals surface area contributed by atoms with Crippen LogP contribution in [0, 0.1) is 0 Å². The molecule has 1 rings (SSSR count). The van der Waals surface area contributed by atoms with Crippen molar-refractivity contribution < 1.29 is 9.53 Å². The Morgan fingerprint density at radius 1 is 1.80 bits per heavy atom. The Labute approximate surface area is 93.0 Å². The van der Waals surface area contributed by atoms with E-state index >= 15 is 0 Å². The highest BCUT2D eigenvalue weighted by Crippen LogP contribution is 2.19. The molecule has 2 N–H and O–H groups in total. The summed E-state index contributed by atoms with van der Waals surface area (Å²) >= 11 is 1.47. The van der Waals surface area contributed by atoms with Crippen LogP contribution >= 0.6 is 11.8 Å². The Morgan fingerprint density at radius 2 is 2.53 bits per heavy atom. The number of thioether (sulfide) groups is 1. The van der Waals surface area contributed by atoms with E-state index in [9.17, 15) is 4.79 Å². The minimum atomic E-state index is -0.688. The van der Waals surface area contributed by atoms with Gasteiger partial charge >= 0.3 is 5.97 Å². The molecule has 0 radical (unpaired) electrons. The molecule has 1 atom stereocenters. The number of carbonyl (C=O) groups is 1. The Bertz CT molecular complexity index is 315. The number of likely N-dealkylation sites (N-methyl/N-ethyl adjacent to an activating group) is 1. The van der Waals surface area contributed by atoms with Crippen LogP contribution in [-0.4, -0.2) is 41.4 Å². The first kappa shape index (κ1) is 12.1. The lowest BCUT2D eigenvalue weighted by atomic mass is 10.1. The van der Waals surface area contributed by atoms with E-state index in [1.54, 1.807) is 26.4 Å². The van der Waals surface area contributed by atoms with Crippen molar-refractivity contribution in [2.45, 2.75) is 17.6 Å². The topological polar surface area (TPSA) is 67.0 Å². The second kappa shape index (κ2) is 5.18. The van der Waals surface area contributed by atoms with E-state index in [1.807, 2.05) is 0 Å². The Balaban J connectivity index is 2.57. The molecule has 0 amide bonds. The smallest absolute Gasteiger partial charge is 0.326 e. The summed E-state index contributed by atoms with van der Waals surface area (Å²) in [5.74, 6) is 0.285. The van der Waals surface area contributed by atoms with Gasteiger partial charge in [0.15, 0.2) is 5.16 Å². The zero-order valence-corrected chi connectivity index (χ0v) is 9.85. The van der Waals surface area contributed by atoms with Gasteiger partial charge in [-0.3, -0.25) is 4.79 Å². The Morgan fingerprint density at radius 3 is 3.00 bits per heavy atom. The molecule has 1 aromatic rings. The standard InChI is InChI=1S/C9H15N3O2S/c1-9(10-2,7(13)14-3)6-15-8-11-4-5-12-8/h4-5,10H,6H2,1-3H3,(H,11,12). The highest BCUT2D eigenvalue weighted by Gasteiger charge is 2.32. The number of aromatic nitrogens is 2. The molecular weight excluding hydrogens is 214 g/mol. The maximum atomic E-state index is 11.5. The summed E-state index contributed by atoms with van der Waals surface area (Å²) in [6, 6.07) is 0. The molecule has 5 nitrogen and oxygen atoms in total. The summed E-state index contributed by atoms with van der Waals surface area (Å²) in [6.45, 7) is 1.80. The molecule has 84 valence electrons. The molecule has 1 aromatic heterocycles. The van der Waals surface area contributed by atoms with Crippen LogP contribution in [0.15, 0.2) is 17.6 Å². The van der Waals surface area contributed by atoms with Gasteiger partial charge in [0, 0.05) is 18.1 Å². The molecule has 0 aromatic carbocycles. The van der Waals surface area contributed by atoms with E-state index in [0.29, 0.717) is 5.75 Å². The molecule has 0 bridgehead atoms. The van der Waals surface area contributed by atoms with Crippen molar-refractivity contribution in [1.29, 1.82) is 0 Å². The van der Waals surface area contributed by atoms with Gasteiger partial charge in [-0.05, 0) is 14.0 Å². The highest BCUT2D eigenvalue weighted by molar-refractivity contribution is 7.99. The van der Waals surface area contributed by atoms with E-state index in [1.165, 1.54) is 18.9 Å². The van der Waals surface area contributed by atoms with Gasteiger partial charge in [-0.2, -0.15) is 0 Å². The normalized spacial score (nSPS) is 14.6. The van der Waals surface area contributed by atoms with E-state index in [-0.39, 0.29) is 5.97 Å². The molecule has 0 aliphatic carbocycles. The van der Waals surface area contributed by atoms with E-state index in [2.05, 4.69) is 15.3 Å². The average molecular weight is 229 g/mol. The third-order valence-electron chi connectivity index (χ3n) is 2.16. The summed E-state index contributed by atoms with van der Waals surface area (Å²) in [5.41, 5.74) is -0.688. The summed E-state index contributed by atoms with van der Waals surface area (Å²) in [7, 11) is 3.12. The van der Waals surface area contributed by atoms with Crippen molar-refractivity contribution in [2.24, 2.45) is 0 Å². The lowest BCUT2D eigenvalue weighted by molar-refractivity contribution is -0.146. The van der Waals surface area contributed by atoms with Gasteiger partial charge in [0.25, 0.3) is 0 Å². The van der Waals surface area contributed by atoms with Gasteiger partial charge in [0.2, 0.25) is 0 Å². The van der Waals surface area contributed by atoms with Gasteiger partial charge < -0.3 is 15.0 Å². The minimum Gasteiger partial charge on any atom is -0.468 e. The fourth-order valence-electron chi connectivity index (χ4n) is 1.00. The third kappa shape index (κ3) is 2.97. The first-order chi connectivity index (χ1) is 7.12. The number of nitrogens with zero attached hydrogens (tertiary/aromatic N) is 1. The Hall–Kier alpha value is -1.01. The SMILES string of the molecule is CNC(C)(CSc1ncc[nH]1)C(=O)OC. The number of hydrogen-bond donors (Lipinski definition) is 2. The molecule has 0 spiro atoms. The van der Waals surface area contributed by atoms with Gasteiger partial charge in [-0.1, -0.05) is 11.8 Å². The molecule has 0 saturated carbocycles. The van der Waals surface area contributed by atoms with Crippen LogP contribution in [0.2, 0.25) is 0 Å². The molecule has 0 aliphatic heterocycles. The van der Waals surface area contributed by atoms with Crippen molar-refractivity contribution in [1.82, 2.24) is 15.3 Å². The molecule has 0 aliphatic rings. The minimum absolute atomic E-state index is 0.274. The second-order valence-electron chi connectivity index (χ2n) is 3.26. The van der Waals surface area contributed by atoms with Gasteiger partial charge in [0.05, 0.1) is 7.11 Å². The number of H-pyrrole nitrogens is 1. The quantitative estimate of drug-likeness (QED) is 0.573. The molecule has 0 saturated heterocycles. The summed E-state index contributed by atoms with van der Waals surface area (Å²) in [4.78, 5) is 18.5. The van der Waals surface area contributed by atoms with Gasteiger partial charge in [-0.15, -0.1) is 0 Å². The lowest BCUT2D eigenvalue weighted by Gasteiger charge is -2.24. The first-order valence-electron chi connectivity index (χ1n) is 4.52. The summed E-state index contributed by atoms with van der Waals surface area (Å²) < 4.78 is 4.73. The average Bonchev–Trinajstić information content (AvgIpc) is 2.77. The van der Waals surface area contributed by atoms with Crippen molar-refractivity contribution in [3.8, 4) is 0 Å². The molecule has 15 heavy (non-hydrogen) atoms. The number of esters is 1. The Kier molecular flexibility index (Phi) is 4.16. The number of rotatable bonds is 5. The maximum Gasteiger partial charge on any atom is 0.326 e. The number of ether oxygens (including phenoxy) is 1. The molecule has 1 heterocycles. The zero-order chi connectivity index (χ0) is 11.3. The molecule has 6 heteroatoms. The van der Waals surface area contributed by atoms with Crippen molar-refractivity contribution >= 4 is 17.7 Å².